The molecule has 1 aliphatic carbocycles. The summed E-state index contributed by atoms with van der Waals surface area (Å²) in [6.45, 7) is 0.818. The van der Waals surface area contributed by atoms with E-state index in [1.807, 2.05) is 5.38 Å². The fraction of sp³-hybridized carbons (Fsp3) is 0.600. The van der Waals surface area contributed by atoms with E-state index in [2.05, 4.69) is 10.3 Å². The SMILES string of the molecule is Nc1nc(CC(=O)NCC2CCC2)cs1. The highest BCUT2D eigenvalue weighted by Crippen LogP contribution is 2.25. The van der Waals surface area contributed by atoms with E-state index in [0.29, 0.717) is 17.5 Å². The summed E-state index contributed by atoms with van der Waals surface area (Å²) in [6.07, 6.45) is 4.16. The fourth-order valence-electron chi connectivity index (χ4n) is 1.59. The van der Waals surface area contributed by atoms with Gasteiger partial charge in [-0.05, 0) is 18.8 Å². The smallest absolute Gasteiger partial charge is 0.226 e. The second-order valence-corrected chi connectivity index (χ2v) is 4.84. The number of amides is 1. The highest BCUT2D eigenvalue weighted by atomic mass is 32.1. The maximum Gasteiger partial charge on any atom is 0.226 e. The molecule has 0 saturated heterocycles. The van der Waals surface area contributed by atoms with Crippen LogP contribution in [-0.4, -0.2) is 17.4 Å². The first-order valence-electron chi connectivity index (χ1n) is 5.20. The number of thiazole rings is 1. The van der Waals surface area contributed by atoms with Gasteiger partial charge in [-0.25, -0.2) is 4.98 Å². The molecule has 82 valence electrons. The van der Waals surface area contributed by atoms with Crippen molar-refractivity contribution in [3.05, 3.63) is 11.1 Å². The Morgan fingerprint density at radius 1 is 1.67 bits per heavy atom. The molecule has 1 saturated carbocycles. The van der Waals surface area contributed by atoms with Gasteiger partial charge in [0.05, 0.1) is 12.1 Å². The van der Waals surface area contributed by atoms with Gasteiger partial charge in [-0.15, -0.1) is 11.3 Å². The van der Waals surface area contributed by atoms with E-state index in [1.165, 1.54) is 30.6 Å². The fourth-order valence-corrected chi connectivity index (χ4v) is 2.15. The molecule has 0 spiro atoms. The summed E-state index contributed by atoms with van der Waals surface area (Å²) in [7, 11) is 0. The van der Waals surface area contributed by atoms with Crippen molar-refractivity contribution in [3.8, 4) is 0 Å². The molecule has 1 aliphatic rings. The molecule has 0 aliphatic heterocycles. The van der Waals surface area contributed by atoms with Gasteiger partial charge in [-0.2, -0.15) is 0 Å². The van der Waals surface area contributed by atoms with Crippen molar-refractivity contribution in [2.24, 2.45) is 5.92 Å². The van der Waals surface area contributed by atoms with E-state index in [4.69, 9.17) is 5.73 Å². The van der Waals surface area contributed by atoms with E-state index in [0.717, 1.165) is 12.2 Å². The lowest BCUT2D eigenvalue weighted by Gasteiger charge is -2.25. The molecule has 5 heteroatoms. The predicted molar refractivity (Wildman–Crippen MR) is 60.6 cm³/mol. The van der Waals surface area contributed by atoms with Gasteiger partial charge in [-0.3, -0.25) is 4.79 Å². The highest BCUT2D eigenvalue weighted by molar-refractivity contribution is 7.13. The third-order valence-electron chi connectivity index (χ3n) is 2.72. The molecular weight excluding hydrogens is 210 g/mol. The van der Waals surface area contributed by atoms with Gasteiger partial charge < -0.3 is 11.1 Å². The van der Waals surface area contributed by atoms with Crippen LogP contribution in [0.1, 0.15) is 25.0 Å². The zero-order valence-electron chi connectivity index (χ0n) is 8.53. The molecule has 0 aromatic carbocycles. The Balaban J connectivity index is 1.71. The number of nitrogens with one attached hydrogen (secondary N) is 1. The van der Waals surface area contributed by atoms with Gasteiger partial charge in [0.2, 0.25) is 5.91 Å². The molecule has 0 radical (unpaired) electrons. The van der Waals surface area contributed by atoms with Gasteiger partial charge >= 0.3 is 0 Å². The Morgan fingerprint density at radius 3 is 3.00 bits per heavy atom. The molecule has 2 rings (SSSR count). The van der Waals surface area contributed by atoms with Gasteiger partial charge in [0.1, 0.15) is 0 Å². The lowest BCUT2D eigenvalue weighted by Crippen LogP contribution is -2.33. The zero-order valence-corrected chi connectivity index (χ0v) is 9.35. The summed E-state index contributed by atoms with van der Waals surface area (Å²) in [4.78, 5) is 15.5. The normalized spacial score (nSPS) is 16.0. The number of nitrogen functional groups attached to an aromatic ring is 1. The molecule has 3 N–H and O–H groups in total. The van der Waals surface area contributed by atoms with Crippen molar-refractivity contribution in [2.45, 2.75) is 25.7 Å². The third kappa shape index (κ3) is 2.92. The van der Waals surface area contributed by atoms with Crippen molar-refractivity contribution >= 4 is 22.4 Å². The van der Waals surface area contributed by atoms with Crippen molar-refractivity contribution in [2.75, 3.05) is 12.3 Å². The van der Waals surface area contributed by atoms with E-state index in [1.54, 1.807) is 0 Å². The van der Waals surface area contributed by atoms with Crippen LogP contribution in [-0.2, 0) is 11.2 Å². The Morgan fingerprint density at radius 2 is 2.47 bits per heavy atom. The van der Waals surface area contributed by atoms with Crippen LogP contribution in [0.25, 0.3) is 0 Å². The van der Waals surface area contributed by atoms with Crippen molar-refractivity contribution in [3.63, 3.8) is 0 Å². The topological polar surface area (TPSA) is 68.0 Å². The molecule has 1 aromatic rings. The quantitative estimate of drug-likeness (QED) is 0.808. The van der Waals surface area contributed by atoms with Crippen LogP contribution in [0, 0.1) is 5.92 Å². The van der Waals surface area contributed by atoms with Crippen LogP contribution >= 0.6 is 11.3 Å². The number of carbonyl (C=O) groups excluding carboxylic acids is 1. The van der Waals surface area contributed by atoms with Gasteiger partial charge in [0.25, 0.3) is 0 Å². The largest absolute Gasteiger partial charge is 0.375 e. The van der Waals surface area contributed by atoms with E-state index >= 15 is 0 Å². The number of nitrogens with two attached hydrogens (primary N) is 1. The number of aromatic nitrogens is 1. The summed E-state index contributed by atoms with van der Waals surface area (Å²) < 4.78 is 0. The van der Waals surface area contributed by atoms with Crippen LogP contribution in [0.4, 0.5) is 5.13 Å². The maximum atomic E-state index is 11.5. The van der Waals surface area contributed by atoms with Crippen LogP contribution in [0.5, 0.6) is 0 Å². The summed E-state index contributed by atoms with van der Waals surface area (Å²) in [6, 6.07) is 0. The molecule has 0 atom stereocenters. The molecule has 0 bridgehead atoms. The van der Waals surface area contributed by atoms with Crippen LogP contribution in [0.2, 0.25) is 0 Å². The van der Waals surface area contributed by atoms with E-state index in [-0.39, 0.29) is 5.91 Å². The Bertz CT molecular complexity index is 346. The van der Waals surface area contributed by atoms with Gasteiger partial charge in [0.15, 0.2) is 5.13 Å². The Hall–Kier alpha value is -1.10. The average Bonchev–Trinajstić information content (AvgIpc) is 2.48. The lowest BCUT2D eigenvalue weighted by molar-refractivity contribution is -0.120. The second kappa shape index (κ2) is 4.61. The third-order valence-corrected chi connectivity index (χ3v) is 3.45. The first-order chi connectivity index (χ1) is 7.24. The first kappa shape index (κ1) is 10.4. The summed E-state index contributed by atoms with van der Waals surface area (Å²) in [5.41, 5.74) is 6.25. The van der Waals surface area contributed by atoms with Crippen LogP contribution in [0.15, 0.2) is 5.38 Å². The molecular formula is C10H15N3OS. The minimum Gasteiger partial charge on any atom is -0.375 e. The number of hydrogen-bond donors (Lipinski definition) is 2. The molecule has 1 amide bonds. The minimum atomic E-state index is 0.0483. The monoisotopic (exact) mass is 225 g/mol. The van der Waals surface area contributed by atoms with E-state index < -0.39 is 0 Å². The molecule has 1 fully saturated rings. The Labute approximate surface area is 92.9 Å². The maximum absolute atomic E-state index is 11.5. The lowest BCUT2D eigenvalue weighted by atomic mass is 9.85. The van der Waals surface area contributed by atoms with Crippen molar-refractivity contribution in [1.29, 1.82) is 0 Å². The number of anilines is 1. The van der Waals surface area contributed by atoms with Crippen molar-refractivity contribution < 1.29 is 4.79 Å². The highest BCUT2D eigenvalue weighted by Gasteiger charge is 2.18. The average molecular weight is 225 g/mol. The summed E-state index contributed by atoms with van der Waals surface area (Å²) in [5, 5.41) is 5.28. The van der Waals surface area contributed by atoms with E-state index in [9.17, 15) is 4.79 Å². The number of rotatable bonds is 4. The van der Waals surface area contributed by atoms with Crippen LogP contribution in [0.3, 0.4) is 0 Å². The van der Waals surface area contributed by atoms with Crippen molar-refractivity contribution in [1.82, 2.24) is 10.3 Å². The summed E-state index contributed by atoms with van der Waals surface area (Å²) in [5.74, 6) is 0.752. The molecule has 4 nitrogen and oxygen atoms in total. The number of carbonyl (C=O) groups is 1. The number of hydrogen-bond acceptors (Lipinski definition) is 4. The predicted octanol–water partition coefficient (Wildman–Crippen LogP) is 1.18. The zero-order chi connectivity index (χ0) is 10.7. The molecule has 1 aromatic heterocycles. The summed E-state index contributed by atoms with van der Waals surface area (Å²) >= 11 is 1.37. The number of nitrogens with zero attached hydrogens (tertiary/aromatic N) is 1. The molecule has 1 heterocycles. The second-order valence-electron chi connectivity index (χ2n) is 3.95. The molecule has 15 heavy (non-hydrogen) atoms. The van der Waals surface area contributed by atoms with Crippen LogP contribution < -0.4 is 11.1 Å². The Kier molecular flexibility index (Phi) is 3.20. The minimum absolute atomic E-state index is 0.0483. The molecule has 0 unspecified atom stereocenters. The first-order valence-corrected chi connectivity index (χ1v) is 6.08. The van der Waals surface area contributed by atoms with Gasteiger partial charge in [0, 0.05) is 11.9 Å². The van der Waals surface area contributed by atoms with Gasteiger partial charge in [-0.1, -0.05) is 6.42 Å². The standard InChI is InChI=1S/C10H15N3OS/c11-10-13-8(6-15-10)4-9(14)12-5-7-2-1-3-7/h6-7H,1-5H2,(H2,11,13)(H,12,14).